The normalized spacial score (nSPS) is 22.8. The average Bonchev–Trinajstić information content (AvgIpc) is 2.25. The minimum Gasteiger partial charge on any atom is -0.497 e. The zero-order chi connectivity index (χ0) is 11.1. The van der Waals surface area contributed by atoms with E-state index in [0.29, 0.717) is 12.1 Å². The van der Waals surface area contributed by atoms with Crippen LogP contribution in [-0.4, -0.2) is 18.7 Å². The van der Waals surface area contributed by atoms with Crippen LogP contribution in [0.1, 0.15) is 46.5 Å². The second-order valence-electron chi connectivity index (χ2n) is 4.99. The summed E-state index contributed by atoms with van der Waals surface area (Å²) < 4.78 is 5.51. The molecule has 1 heterocycles. The van der Waals surface area contributed by atoms with E-state index < -0.39 is 0 Å². The van der Waals surface area contributed by atoms with Gasteiger partial charge in [0.1, 0.15) is 6.10 Å². The number of rotatable bonds is 6. The Morgan fingerprint density at radius 2 is 2.13 bits per heavy atom. The van der Waals surface area contributed by atoms with Crippen LogP contribution in [0.25, 0.3) is 0 Å². The van der Waals surface area contributed by atoms with E-state index in [1.807, 2.05) is 6.26 Å². The van der Waals surface area contributed by atoms with Gasteiger partial charge < -0.3 is 10.1 Å². The first-order chi connectivity index (χ1) is 7.18. The van der Waals surface area contributed by atoms with Crippen LogP contribution in [-0.2, 0) is 4.74 Å². The number of hydrogen-bond donors (Lipinski definition) is 1. The lowest BCUT2D eigenvalue weighted by Crippen LogP contribution is -2.35. The third-order valence-electron chi connectivity index (χ3n) is 2.89. The Labute approximate surface area is 94.1 Å². The van der Waals surface area contributed by atoms with Crippen LogP contribution in [0.4, 0.5) is 0 Å². The fourth-order valence-electron chi connectivity index (χ4n) is 1.75. The Hall–Kier alpha value is -0.500. The number of ether oxygens (including phenoxy) is 1. The van der Waals surface area contributed by atoms with Crippen LogP contribution in [0.3, 0.4) is 0 Å². The molecule has 0 aromatic heterocycles. The molecule has 2 heteroatoms. The quantitative estimate of drug-likeness (QED) is 0.729. The highest BCUT2D eigenvalue weighted by Crippen LogP contribution is 2.10. The third kappa shape index (κ3) is 5.83. The lowest BCUT2D eigenvalue weighted by Gasteiger charge is -2.22. The first-order valence-electron chi connectivity index (χ1n) is 6.22. The van der Waals surface area contributed by atoms with Gasteiger partial charge in [-0.25, -0.2) is 0 Å². The van der Waals surface area contributed by atoms with Crippen molar-refractivity contribution >= 4 is 0 Å². The van der Waals surface area contributed by atoms with Crippen molar-refractivity contribution in [3.8, 4) is 0 Å². The second kappa shape index (κ2) is 6.89. The van der Waals surface area contributed by atoms with E-state index in [1.165, 1.54) is 12.8 Å². The molecule has 0 aliphatic carbocycles. The van der Waals surface area contributed by atoms with E-state index in [1.54, 1.807) is 0 Å². The van der Waals surface area contributed by atoms with Gasteiger partial charge in [-0.2, -0.15) is 0 Å². The highest BCUT2D eigenvalue weighted by atomic mass is 16.5. The van der Waals surface area contributed by atoms with Crippen LogP contribution in [0.2, 0.25) is 0 Å². The molecule has 1 aliphatic heterocycles. The molecular weight excluding hydrogens is 186 g/mol. The second-order valence-corrected chi connectivity index (χ2v) is 4.99. The maximum Gasteiger partial charge on any atom is 0.110 e. The molecule has 88 valence electrons. The summed E-state index contributed by atoms with van der Waals surface area (Å²) in [6.07, 6.45) is 9.21. The Bertz CT molecular complexity index is 189. The Kier molecular flexibility index (Phi) is 5.77. The SMILES string of the molecule is CC(C)CCC(C)NCC1CCC=CO1. The van der Waals surface area contributed by atoms with E-state index in [4.69, 9.17) is 4.74 Å². The predicted octanol–water partition coefficient (Wildman–Crippen LogP) is 3.09. The molecule has 0 aromatic rings. The summed E-state index contributed by atoms with van der Waals surface area (Å²) in [7, 11) is 0. The molecule has 1 aliphatic rings. The van der Waals surface area contributed by atoms with Crippen molar-refractivity contribution in [3.63, 3.8) is 0 Å². The zero-order valence-corrected chi connectivity index (χ0v) is 10.3. The van der Waals surface area contributed by atoms with Crippen molar-refractivity contribution < 1.29 is 4.74 Å². The highest BCUT2D eigenvalue weighted by molar-refractivity contribution is 4.83. The standard InChI is InChI=1S/C13H25NO/c1-11(2)7-8-12(3)14-10-13-6-4-5-9-15-13/h5,9,11-14H,4,6-8,10H2,1-3H3. The van der Waals surface area contributed by atoms with Gasteiger partial charge in [0.05, 0.1) is 6.26 Å². The number of allylic oxidation sites excluding steroid dienone is 1. The van der Waals surface area contributed by atoms with Crippen LogP contribution in [0, 0.1) is 5.92 Å². The van der Waals surface area contributed by atoms with Gasteiger partial charge in [0.15, 0.2) is 0 Å². The van der Waals surface area contributed by atoms with Crippen molar-refractivity contribution in [3.05, 3.63) is 12.3 Å². The largest absolute Gasteiger partial charge is 0.497 e. The van der Waals surface area contributed by atoms with Crippen LogP contribution >= 0.6 is 0 Å². The Morgan fingerprint density at radius 1 is 1.33 bits per heavy atom. The summed E-state index contributed by atoms with van der Waals surface area (Å²) in [6, 6.07) is 0.613. The van der Waals surface area contributed by atoms with Gasteiger partial charge in [-0.3, -0.25) is 0 Å². The molecule has 2 unspecified atom stereocenters. The number of nitrogens with one attached hydrogen (secondary N) is 1. The minimum atomic E-state index is 0.386. The summed E-state index contributed by atoms with van der Waals surface area (Å²) in [5.41, 5.74) is 0. The molecule has 15 heavy (non-hydrogen) atoms. The first kappa shape index (κ1) is 12.6. The fourth-order valence-corrected chi connectivity index (χ4v) is 1.75. The molecule has 0 saturated carbocycles. The molecule has 0 saturated heterocycles. The monoisotopic (exact) mass is 211 g/mol. The topological polar surface area (TPSA) is 21.3 Å². The van der Waals surface area contributed by atoms with E-state index >= 15 is 0 Å². The molecule has 0 spiro atoms. The summed E-state index contributed by atoms with van der Waals surface area (Å²) in [6.45, 7) is 7.81. The van der Waals surface area contributed by atoms with Gasteiger partial charge >= 0.3 is 0 Å². The summed E-state index contributed by atoms with van der Waals surface area (Å²) >= 11 is 0. The fraction of sp³-hybridized carbons (Fsp3) is 0.846. The van der Waals surface area contributed by atoms with Gasteiger partial charge in [-0.05, 0) is 44.6 Å². The lowest BCUT2D eigenvalue weighted by atomic mass is 10.0. The maximum atomic E-state index is 5.51. The molecule has 0 radical (unpaired) electrons. The van der Waals surface area contributed by atoms with Gasteiger partial charge in [0.2, 0.25) is 0 Å². The van der Waals surface area contributed by atoms with Crippen molar-refractivity contribution in [2.24, 2.45) is 5.92 Å². The van der Waals surface area contributed by atoms with Gasteiger partial charge in [0, 0.05) is 12.6 Å². The van der Waals surface area contributed by atoms with Crippen LogP contribution in [0.5, 0.6) is 0 Å². The summed E-state index contributed by atoms with van der Waals surface area (Å²) in [5.74, 6) is 0.808. The van der Waals surface area contributed by atoms with Crippen molar-refractivity contribution in [2.45, 2.75) is 58.6 Å². The molecule has 1 N–H and O–H groups in total. The van der Waals surface area contributed by atoms with Crippen LogP contribution in [0.15, 0.2) is 12.3 Å². The molecule has 1 rings (SSSR count). The van der Waals surface area contributed by atoms with Crippen molar-refractivity contribution in [2.75, 3.05) is 6.54 Å². The van der Waals surface area contributed by atoms with Crippen LogP contribution < -0.4 is 5.32 Å². The average molecular weight is 211 g/mol. The van der Waals surface area contributed by atoms with Gasteiger partial charge in [-0.1, -0.05) is 13.8 Å². The summed E-state index contributed by atoms with van der Waals surface area (Å²) in [4.78, 5) is 0. The third-order valence-corrected chi connectivity index (χ3v) is 2.89. The van der Waals surface area contributed by atoms with E-state index in [2.05, 4.69) is 32.2 Å². The maximum absolute atomic E-state index is 5.51. The summed E-state index contributed by atoms with van der Waals surface area (Å²) in [5, 5.41) is 3.55. The molecule has 0 fully saturated rings. The zero-order valence-electron chi connectivity index (χ0n) is 10.3. The molecule has 2 nitrogen and oxygen atoms in total. The van der Waals surface area contributed by atoms with E-state index in [-0.39, 0.29) is 0 Å². The molecule has 2 atom stereocenters. The molecule has 0 amide bonds. The Morgan fingerprint density at radius 3 is 2.73 bits per heavy atom. The predicted molar refractivity (Wildman–Crippen MR) is 64.8 cm³/mol. The van der Waals surface area contributed by atoms with E-state index in [0.717, 1.165) is 25.3 Å². The number of hydrogen-bond acceptors (Lipinski definition) is 2. The first-order valence-corrected chi connectivity index (χ1v) is 6.22. The van der Waals surface area contributed by atoms with Gasteiger partial charge in [-0.15, -0.1) is 0 Å². The minimum absolute atomic E-state index is 0.386. The molecule has 0 bridgehead atoms. The Balaban J connectivity index is 2.05. The lowest BCUT2D eigenvalue weighted by molar-refractivity contribution is 0.119. The molecular formula is C13H25NO. The van der Waals surface area contributed by atoms with Crippen molar-refractivity contribution in [1.82, 2.24) is 5.32 Å². The van der Waals surface area contributed by atoms with Crippen molar-refractivity contribution in [1.29, 1.82) is 0 Å². The van der Waals surface area contributed by atoms with E-state index in [9.17, 15) is 0 Å². The molecule has 0 aromatic carbocycles. The highest BCUT2D eigenvalue weighted by Gasteiger charge is 2.12. The van der Waals surface area contributed by atoms with Gasteiger partial charge in [0.25, 0.3) is 0 Å². The smallest absolute Gasteiger partial charge is 0.110 e.